The van der Waals surface area contributed by atoms with Gasteiger partial charge in [0.1, 0.15) is 12.2 Å². The second kappa shape index (κ2) is 5.86. The molecule has 3 heterocycles. The van der Waals surface area contributed by atoms with E-state index in [4.69, 9.17) is 0 Å². The summed E-state index contributed by atoms with van der Waals surface area (Å²) in [5, 5.41) is 15.1. The van der Waals surface area contributed by atoms with Crippen LogP contribution in [0.5, 0.6) is 0 Å². The molecule has 0 bridgehead atoms. The molecule has 0 fully saturated rings. The van der Waals surface area contributed by atoms with Gasteiger partial charge in [-0.25, -0.2) is 4.98 Å². The van der Waals surface area contributed by atoms with Crippen LogP contribution in [0.3, 0.4) is 0 Å². The van der Waals surface area contributed by atoms with Crippen LogP contribution in [0.1, 0.15) is 0 Å². The number of amides is 1. The molecule has 0 saturated heterocycles. The van der Waals surface area contributed by atoms with Crippen molar-refractivity contribution in [3.63, 3.8) is 0 Å². The number of imidazole rings is 1. The number of aromatic nitrogens is 7. The number of nitrogens with one attached hydrogen (secondary N) is 1. The fraction of sp³-hybridized carbons (Fsp3) is 0.188. The fourth-order valence-electron chi connectivity index (χ4n) is 2.68. The van der Waals surface area contributed by atoms with Crippen molar-refractivity contribution in [1.29, 1.82) is 0 Å². The monoisotopic (exact) mass is 336 g/mol. The van der Waals surface area contributed by atoms with E-state index in [9.17, 15) is 4.79 Å². The van der Waals surface area contributed by atoms with E-state index >= 15 is 0 Å². The molecule has 9 heteroatoms. The molecule has 0 atom stereocenters. The minimum Gasteiger partial charge on any atom is -0.326 e. The molecule has 4 aromatic rings. The Labute approximate surface area is 142 Å². The molecule has 9 nitrogen and oxygen atoms in total. The van der Waals surface area contributed by atoms with Crippen molar-refractivity contribution in [1.82, 2.24) is 34.3 Å². The van der Waals surface area contributed by atoms with E-state index in [0.29, 0.717) is 11.5 Å². The lowest BCUT2D eigenvalue weighted by molar-refractivity contribution is -0.116. The van der Waals surface area contributed by atoms with Gasteiger partial charge in [-0.15, -0.1) is 5.10 Å². The van der Waals surface area contributed by atoms with Crippen LogP contribution < -0.4 is 5.32 Å². The molecule has 126 valence electrons. The summed E-state index contributed by atoms with van der Waals surface area (Å²) in [6.45, 7) is 0.0838. The number of rotatable bonds is 4. The van der Waals surface area contributed by atoms with Crippen LogP contribution in [0, 0.1) is 0 Å². The molecule has 0 spiro atoms. The van der Waals surface area contributed by atoms with Crippen molar-refractivity contribution in [3.05, 3.63) is 42.7 Å². The largest absolute Gasteiger partial charge is 0.326 e. The molecular weight excluding hydrogens is 320 g/mol. The summed E-state index contributed by atoms with van der Waals surface area (Å²) in [6, 6.07) is 9.75. The average Bonchev–Trinajstić information content (AvgIpc) is 3.28. The molecule has 4 rings (SSSR count). The maximum absolute atomic E-state index is 12.1. The zero-order chi connectivity index (χ0) is 17.4. The third-order valence-electron chi connectivity index (χ3n) is 3.83. The molecule has 0 unspecified atom stereocenters. The highest BCUT2D eigenvalue weighted by Crippen LogP contribution is 2.21. The summed E-state index contributed by atoms with van der Waals surface area (Å²) >= 11 is 0. The van der Waals surface area contributed by atoms with E-state index in [1.165, 1.54) is 11.0 Å². The molecule has 1 N–H and O–H groups in total. The first-order valence-electron chi connectivity index (χ1n) is 7.71. The Balaban J connectivity index is 1.53. The highest BCUT2D eigenvalue weighted by atomic mass is 16.2. The van der Waals surface area contributed by atoms with Crippen LogP contribution in [0.4, 0.5) is 5.82 Å². The van der Waals surface area contributed by atoms with Gasteiger partial charge in [0, 0.05) is 20.3 Å². The lowest BCUT2D eigenvalue weighted by atomic mass is 10.3. The SMILES string of the molecule is Cn1ncc(NC(=O)Cn2ccc(-c3nc4ccccc4n3C)n2)n1. The lowest BCUT2D eigenvalue weighted by Gasteiger charge is -2.02. The van der Waals surface area contributed by atoms with Crippen molar-refractivity contribution in [2.45, 2.75) is 6.54 Å². The quantitative estimate of drug-likeness (QED) is 0.604. The Morgan fingerprint density at radius 2 is 2.00 bits per heavy atom. The van der Waals surface area contributed by atoms with Crippen LogP contribution in [-0.4, -0.2) is 40.2 Å². The number of hydrogen-bond donors (Lipinski definition) is 1. The number of hydrogen-bond acceptors (Lipinski definition) is 5. The smallest absolute Gasteiger partial charge is 0.247 e. The Bertz CT molecular complexity index is 1060. The first kappa shape index (κ1) is 15.1. The standard InChI is InChI=1S/C16H16N8O/c1-22-13-6-4-3-5-11(13)18-16(22)12-7-8-24(20-12)10-15(25)19-14-9-17-23(2)21-14/h3-9H,10H2,1-2H3,(H,19,21,25). The predicted molar refractivity (Wildman–Crippen MR) is 91.6 cm³/mol. The summed E-state index contributed by atoms with van der Waals surface area (Å²) in [4.78, 5) is 18.1. The van der Waals surface area contributed by atoms with Crippen molar-refractivity contribution in [2.24, 2.45) is 14.1 Å². The van der Waals surface area contributed by atoms with Crippen LogP contribution in [0.2, 0.25) is 0 Å². The van der Waals surface area contributed by atoms with Gasteiger partial charge in [-0.3, -0.25) is 9.48 Å². The Morgan fingerprint density at radius 3 is 2.76 bits per heavy atom. The molecule has 25 heavy (non-hydrogen) atoms. The Hall–Kier alpha value is -3.49. The van der Waals surface area contributed by atoms with Crippen molar-refractivity contribution in [2.75, 3.05) is 5.32 Å². The van der Waals surface area contributed by atoms with Gasteiger partial charge in [0.05, 0.1) is 17.2 Å². The predicted octanol–water partition coefficient (Wildman–Crippen LogP) is 1.20. The molecular formula is C16H16N8O. The van der Waals surface area contributed by atoms with Crippen molar-refractivity contribution < 1.29 is 4.79 Å². The molecule has 3 aromatic heterocycles. The van der Waals surface area contributed by atoms with E-state index in [0.717, 1.165) is 16.9 Å². The molecule has 0 aliphatic heterocycles. The average molecular weight is 336 g/mol. The van der Waals surface area contributed by atoms with Crippen LogP contribution in [0.25, 0.3) is 22.6 Å². The van der Waals surface area contributed by atoms with Gasteiger partial charge in [-0.1, -0.05) is 12.1 Å². The van der Waals surface area contributed by atoms with Gasteiger partial charge in [0.25, 0.3) is 0 Å². The fourth-order valence-corrected chi connectivity index (χ4v) is 2.68. The van der Waals surface area contributed by atoms with Crippen molar-refractivity contribution >= 4 is 22.8 Å². The first-order valence-corrected chi connectivity index (χ1v) is 7.71. The Morgan fingerprint density at radius 1 is 1.16 bits per heavy atom. The van der Waals surface area contributed by atoms with Gasteiger partial charge in [0.15, 0.2) is 11.6 Å². The third-order valence-corrected chi connectivity index (χ3v) is 3.83. The van der Waals surface area contributed by atoms with Gasteiger partial charge in [0.2, 0.25) is 5.91 Å². The highest BCUT2D eigenvalue weighted by molar-refractivity contribution is 5.89. The van der Waals surface area contributed by atoms with E-state index in [1.807, 2.05) is 41.9 Å². The number of carbonyl (C=O) groups excluding carboxylic acids is 1. The number of nitrogens with zero attached hydrogens (tertiary/aromatic N) is 7. The summed E-state index contributed by atoms with van der Waals surface area (Å²) in [6.07, 6.45) is 3.25. The van der Waals surface area contributed by atoms with Gasteiger partial charge < -0.3 is 9.88 Å². The zero-order valence-corrected chi connectivity index (χ0v) is 13.8. The third kappa shape index (κ3) is 2.87. The van der Waals surface area contributed by atoms with Crippen molar-refractivity contribution in [3.8, 4) is 11.5 Å². The molecule has 0 aliphatic carbocycles. The van der Waals surface area contributed by atoms with Gasteiger partial charge >= 0.3 is 0 Å². The topological polar surface area (TPSA) is 95.5 Å². The maximum Gasteiger partial charge on any atom is 0.247 e. The van der Waals surface area contributed by atoms with Gasteiger partial charge in [-0.2, -0.15) is 15.0 Å². The molecule has 0 radical (unpaired) electrons. The first-order chi connectivity index (χ1) is 12.1. The summed E-state index contributed by atoms with van der Waals surface area (Å²) < 4.78 is 3.56. The number of anilines is 1. The molecule has 0 aliphatic rings. The lowest BCUT2D eigenvalue weighted by Crippen LogP contribution is -2.19. The molecule has 0 saturated carbocycles. The van der Waals surface area contributed by atoms with E-state index < -0.39 is 0 Å². The summed E-state index contributed by atoms with van der Waals surface area (Å²) in [7, 11) is 3.64. The van der Waals surface area contributed by atoms with Crippen LogP contribution >= 0.6 is 0 Å². The highest BCUT2D eigenvalue weighted by Gasteiger charge is 2.13. The normalized spacial score (nSPS) is 11.1. The second-order valence-electron chi connectivity index (χ2n) is 5.65. The van der Waals surface area contributed by atoms with E-state index in [-0.39, 0.29) is 12.5 Å². The maximum atomic E-state index is 12.1. The van der Waals surface area contributed by atoms with Gasteiger partial charge in [-0.05, 0) is 18.2 Å². The minimum absolute atomic E-state index is 0.0838. The number of benzene rings is 1. The van der Waals surface area contributed by atoms with Crippen LogP contribution in [0.15, 0.2) is 42.7 Å². The second-order valence-corrected chi connectivity index (χ2v) is 5.65. The summed E-state index contributed by atoms with van der Waals surface area (Å²) in [5.41, 5.74) is 2.66. The van der Waals surface area contributed by atoms with Crippen LogP contribution in [-0.2, 0) is 25.4 Å². The number of para-hydroxylation sites is 2. The molecule has 1 aromatic carbocycles. The number of aryl methyl sites for hydroxylation is 2. The number of fused-ring (bicyclic) bond motifs is 1. The minimum atomic E-state index is -0.222. The van der Waals surface area contributed by atoms with E-state index in [2.05, 4.69) is 25.6 Å². The summed E-state index contributed by atoms with van der Waals surface area (Å²) in [5.74, 6) is 0.949. The zero-order valence-electron chi connectivity index (χ0n) is 13.8. The van der Waals surface area contributed by atoms with E-state index in [1.54, 1.807) is 17.9 Å². The molecule has 1 amide bonds. The Kier molecular flexibility index (Phi) is 3.53. The number of carbonyl (C=O) groups is 1.